The van der Waals surface area contributed by atoms with Gasteiger partial charge in [0.2, 0.25) is 11.8 Å². The number of unbranched alkanes of at least 4 members (excludes halogenated alkanes) is 1. The first-order chi connectivity index (χ1) is 11.6. The third-order valence-corrected chi connectivity index (χ3v) is 5.87. The highest BCUT2D eigenvalue weighted by molar-refractivity contribution is 5.81. The number of hydrogen-bond acceptors (Lipinski definition) is 2. The highest BCUT2D eigenvalue weighted by Crippen LogP contribution is 2.30. The lowest BCUT2D eigenvalue weighted by Crippen LogP contribution is -2.41. The summed E-state index contributed by atoms with van der Waals surface area (Å²) in [5.41, 5.74) is 0. The maximum absolute atomic E-state index is 12.5. The molecular weight excluding hydrogens is 300 g/mol. The number of nitrogens with zero attached hydrogens (tertiary/aromatic N) is 1. The number of rotatable bonds is 6. The molecule has 0 radical (unpaired) electrons. The van der Waals surface area contributed by atoms with Crippen LogP contribution in [-0.2, 0) is 9.59 Å². The van der Waals surface area contributed by atoms with E-state index < -0.39 is 0 Å². The Morgan fingerprint density at radius 1 is 0.917 bits per heavy atom. The quantitative estimate of drug-likeness (QED) is 0.748. The second-order valence-corrected chi connectivity index (χ2v) is 7.86. The number of amides is 2. The molecule has 0 saturated heterocycles. The van der Waals surface area contributed by atoms with Crippen LogP contribution in [0.5, 0.6) is 0 Å². The zero-order chi connectivity index (χ0) is 17.4. The van der Waals surface area contributed by atoms with Crippen molar-refractivity contribution in [2.24, 2.45) is 11.8 Å². The van der Waals surface area contributed by atoms with Crippen LogP contribution in [0, 0.1) is 11.8 Å². The lowest BCUT2D eigenvalue weighted by Gasteiger charge is -2.31. The van der Waals surface area contributed by atoms with Gasteiger partial charge in [-0.1, -0.05) is 39.0 Å². The Morgan fingerprint density at radius 3 is 2.08 bits per heavy atom. The van der Waals surface area contributed by atoms with E-state index in [4.69, 9.17) is 0 Å². The van der Waals surface area contributed by atoms with Crippen LogP contribution in [0.3, 0.4) is 0 Å². The van der Waals surface area contributed by atoms with Gasteiger partial charge in [0.25, 0.3) is 0 Å². The van der Waals surface area contributed by atoms with Crippen molar-refractivity contribution >= 4 is 11.8 Å². The van der Waals surface area contributed by atoms with Crippen molar-refractivity contribution in [3.8, 4) is 0 Å². The molecular formula is C20H36N2O2. The van der Waals surface area contributed by atoms with Crippen molar-refractivity contribution in [2.75, 3.05) is 13.6 Å². The van der Waals surface area contributed by atoms with Gasteiger partial charge in [-0.05, 0) is 44.9 Å². The van der Waals surface area contributed by atoms with Gasteiger partial charge in [0.1, 0.15) is 0 Å². The molecule has 2 amide bonds. The lowest BCUT2D eigenvalue weighted by molar-refractivity contribution is -0.137. The van der Waals surface area contributed by atoms with E-state index >= 15 is 0 Å². The van der Waals surface area contributed by atoms with Crippen LogP contribution >= 0.6 is 0 Å². The Kier molecular flexibility index (Phi) is 8.07. The molecule has 0 aromatic carbocycles. The molecule has 0 bridgehead atoms. The van der Waals surface area contributed by atoms with Gasteiger partial charge in [0, 0.05) is 31.5 Å². The Morgan fingerprint density at radius 2 is 1.50 bits per heavy atom. The summed E-state index contributed by atoms with van der Waals surface area (Å²) in [5, 5.41) is 3.29. The second-order valence-electron chi connectivity index (χ2n) is 7.86. The van der Waals surface area contributed by atoms with Gasteiger partial charge < -0.3 is 10.2 Å². The van der Waals surface area contributed by atoms with Crippen molar-refractivity contribution in [1.82, 2.24) is 10.2 Å². The predicted molar refractivity (Wildman–Crippen MR) is 97.6 cm³/mol. The summed E-state index contributed by atoms with van der Waals surface area (Å²) in [4.78, 5) is 26.9. The van der Waals surface area contributed by atoms with Gasteiger partial charge in [0.05, 0.1) is 0 Å². The first kappa shape index (κ1) is 19.3. The highest BCUT2D eigenvalue weighted by Gasteiger charge is 2.31. The van der Waals surface area contributed by atoms with Crippen LogP contribution in [0.2, 0.25) is 0 Å². The lowest BCUT2D eigenvalue weighted by atomic mass is 9.80. The monoisotopic (exact) mass is 336 g/mol. The molecule has 2 aliphatic carbocycles. The highest BCUT2D eigenvalue weighted by atomic mass is 16.2. The topological polar surface area (TPSA) is 49.4 Å². The summed E-state index contributed by atoms with van der Waals surface area (Å²) in [5.74, 6) is 0.783. The molecule has 2 rings (SSSR count). The van der Waals surface area contributed by atoms with E-state index in [0.717, 1.165) is 57.9 Å². The zero-order valence-corrected chi connectivity index (χ0v) is 15.7. The summed E-state index contributed by atoms with van der Waals surface area (Å²) in [7, 11) is 1.92. The standard InChI is InChI=1S/C20H36N2O2/c1-3-4-15-22(2)20(24)17-13-11-16(12-14-17)19(23)21-18-9-7-5-6-8-10-18/h16-18H,3-15H2,1-2H3,(H,21,23). The van der Waals surface area contributed by atoms with Crippen molar-refractivity contribution in [3.63, 3.8) is 0 Å². The molecule has 4 heteroatoms. The van der Waals surface area contributed by atoms with Crippen molar-refractivity contribution < 1.29 is 9.59 Å². The molecule has 4 nitrogen and oxygen atoms in total. The molecule has 2 fully saturated rings. The SMILES string of the molecule is CCCCN(C)C(=O)C1CCC(C(=O)NC2CCCCCC2)CC1. The minimum Gasteiger partial charge on any atom is -0.353 e. The molecule has 24 heavy (non-hydrogen) atoms. The maximum Gasteiger partial charge on any atom is 0.225 e. The predicted octanol–water partition coefficient (Wildman–Crippen LogP) is 3.89. The van der Waals surface area contributed by atoms with Crippen LogP contribution in [0.15, 0.2) is 0 Å². The van der Waals surface area contributed by atoms with Gasteiger partial charge in [-0.15, -0.1) is 0 Å². The molecule has 0 aromatic rings. The van der Waals surface area contributed by atoms with E-state index in [1.54, 1.807) is 0 Å². The number of carbonyl (C=O) groups is 2. The number of hydrogen-bond donors (Lipinski definition) is 1. The maximum atomic E-state index is 12.5. The molecule has 0 aromatic heterocycles. The van der Waals surface area contributed by atoms with Gasteiger partial charge >= 0.3 is 0 Å². The van der Waals surface area contributed by atoms with Crippen LogP contribution in [-0.4, -0.2) is 36.3 Å². The van der Waals surface area contributed by atoms with Crippen LogP contribution in [0.25, 0.3) is 0 Å². The number of carbonyl (C=O) groups excluding carboxylic acids is 2. The minimum absolute atomic E-state index is 0.123. The van der Waals surface area contributed by atoms with Crippen molar-refractivity contribution in [1.29, 1.82) is 0 Å². The van der Waals surface area contributed by atoms with E-state index in [9.17, 15) is 9.59 Å². The molecule has 0 atom stereocenters. The van der Waals surface area contributed by atoms with E-state index in [-0.39, 0.29) is 23.7 Å². The van der Waals surface area contributed by atoms with Crippen molar-refractivity contribution in [2.45, 2.75) is 90.0 Å². The first-order valence-corrected chi connectivity index (χ1v) is 10.2. The van der Waals surface area contributed by atoms with Gasteiger partial charge in [-0.3, -0.25) is 9.59 Å². The molecule has 2 saturated carbocycles. The molecule has 1 N–H and O–H groups in total. The summed E-state index contributed by atoms with van der Waals surface area (Å²) < 4.78 is 0. The molecule has 0 aliphatic heterocycles. The fraction of sp³-hybridized carbons (Fsp3) is 0.900. The molecule has 138 valence electrons. The van der Waals surface area contributed by atoms with E-state index in [2.05, 4.69) is 12.2 Å². The van der Waals surface area contributed by atoms with Crippen LogP contribution < -0.4 is 5.32 Å². The van der Waals surface area contributed by atoms with Crippen molar-refractivity contribution in [3.05, 3.63) is 0 Å². The Hall–Kier alpha value is -1.06. The molecule has 0 heterocycles. The van der Waals surface area contributed by atoms with E-state index in [1.807, 2.05) is 11.9 Å². The zero-order valence-electron chi connectivity index (χ0n) is 15.7. The summed E-state index contributed by atoms with van der Waals surface area (Å²) in [6, 6.07) is 0.388. The first-order valence-electron chi connectivity index (χ1n) is 10.2. The average molecular weight is 337 g/mol. The van der Waals surface area contributed by atoms with E-state index in [0.29, 0.717) is 6.04 Å². The molecule has 2 aliphatic rings. The van der Waals surface area contributed by atoms with E-state index in [1.165, 1.54) is 25.7 Å². The fourth-order valence-electron chi connectivity index (χ4n) is 4.16. The van der Waals surface area contributed by atoms with Crippen LogP contribution in [0.1, 0.15) is 84.0 Å². The smallest absolute Gasteiger partial charge is 0.225 e. The fourth-order valence-corrected chi connectivity index (χ4v) is 4.16. The van der Waals surface area contributed by atoms with Gasteiger partial charge in [0.15, 0.2) is 0 Å². The second kappa shape index (κ2) is 10.0. The Labute approximate surface area is 147 Å². The average Bonchev–Trinajstić information content (AvgIpc) is 2.87. The summed E-state index contributed by atoms with van der Waals surface area (Å²) in [6.45, 7) is 3.01. The Balaban J connectivity index is 1.73. The normalized spacial score (nSPS) is 25.8. The summed E-state index contributed by atoms with van der Waals surface area (Å²) >= 11 is 0. The van der Waals surface area contributed by atoms with Gasteiger partial charge in [-0.2, -0.15) is 0 Å². The molecule has 0 unspecified atom stereocenters. The number of nitrogens with one attached hydrogen (secondary N) is 1. The third-order valence-electron chi connectivity index (χ3n) is 5.87. The largest absolute Gasteiger partial charge is 0.353 e. The van der Waals surface area contributed by atoms with Crippen LogP contribution in [0.4, 0.5) is 0 Å². The third kappa shape index (κ3) is 5.78. The minimum atomic E-state index is 0.123. The molecule has 0 spiro atoms. The van der Waals surface area contributed by atoms with Gasteiger partial charge in [-0.25, -0.2) is 0 Å². The summed E-state index contributed by atoms with van der Waals surface area (Å²) in [6.07, 6.45) is 13.1. The Bertz CT molecular complexity index is 394.